The minimum Gasteiger partial charge on any atom is -0.496 e. The highest BCUT2D eigenvalue weighted by Gasteiger charge is 2.27. The molecule has 0 aromatic heterocycles. The molecule has 0 atom stereocenters. The first kappa shape index (κ1) is 20.5. The normalized spacial score (nSPS) is 10.8. The Morgan fingerprint density at radius 1 is 1.00 bits per heavy atom. The van der Waals surface area contributed by atoms with E-state index in [1.54, 1.807) is 13.8 Å². The molecule has 0 amide bonds. The third-order valence-electron chi connectivity index (χ3n) is 3.83. The van der Waals surface area contributed by atoms with E-state index in [1.807, 2.05) is 6.92 Å². The van der Waals surface area contributed by atoms with Crippen LogP contribution >= 0.6 is 0 Å². The highest BCUT2D eigenvalue weighted by molar-refractivity contribution is 5.97. The van der Waals surface area contributed by atoms with Gasteiger partial charge in [0.15, 0.2) is 0 Å². The number of hydrogen-bond acceptors (Lipinski definition) is 7. The van der Waals surface area contributed by atoms with E-state index >= 15 is 0 Å². The van der Waals surface area contributed by atoms with Gasteiger partial charge in [-0.15, -0.1) is 0 Å². The monoisotopic (exact) mass is 352 g/mol. The minimum absolute atomic E-state index is 0.0486. The van der Waals surface area contributed by atoms with E-state index in [9.17, 15) is 14.4 Å². The number of rotatable bonds is 8. The molecule has 0 spiro atoms. The van der Waals surface area contributed by atoms with Crippen molar-refractivity contribution in [2.45, 2.75) is 27.2 Å². The van der Waals surface area contributed by atoms with E-state index in [1.165, 1.54) is 32.4 Å². The summed E-state index contributed by atoms with van der Waals surface area (Å²) in [6.45, 7) is 5.31. The SMILES string of the molecule is CCC(C)(C)C(=O)OCCOC(=O)c1cc(C(=O)OC)ccc1OC. The molecule has 0 unspecified atom stereocenters. The molecule has 0 radical (unpaired) electrons. The van der Waals surface area contributed by atoms with Crippen LogP contribution in [0.25, 0.3) is 0 Å². The van der Waals surface area contributed by atoms with E-state index in [2.05, 4.69) is 4.74 Å². The van der Waals surface area contributed by atoms with E-state index < -0.39 is 17.4 Å². The maximum absolute atomic E-state index is 12.2. The topological polar surface area (TPSA) is 88.1 Å². The lowest BCUT2D eigenvalue weighted by Crippen LogP contribution is -2.27. The Labute approximate surface area is 147 Å². The first-order chi connectivity index (χ1) is 11.8. The van der Waals surface area contributed by atoms with Crippen LogP contribution in [0.4, 0.5) is 0 Å². The Morgan fingerprint density at radius 2 is 1.64 bits per heavy atom. The molecule has 0 fully saturated rings. The van der Waals surface area contributed by atoms with Gasteiger partial charge in [-0.2, -0.15) is 0 Å². The van der Waals surface area contributed by atoms with Crippen LogP contribution in [0, 0.1) is 5.41 Å². The van der Waals surface area contributed by atoms with Crippen molar-refractivity contribution in [3.63, 3.8) is 0 Å². The summed E-state index contributed by atoms with van der Waals surface area (Å²) in [6.07, 6.45) is 0.642. The predicted molar refractivity (Wildman–Crippen MR) is 89.6 cm³/mol. The van der Waals surface area contributed by atoms with Crippen LogP contribution in [0.15, 0.2) is 18.2 Å². The second kappa shape index (κ2) is 9.05. The number of ether oxygens (including phenoxy) is 4. The zero-order valence-electron chi connectivity index (χ0n) is 15.2. The number of carbonyl (C=O) groups excluding carboxylic acids is 3. The summed E-state index contributed by atoms with van der Waals surface area (Å²) in [6, 6.07) is 4.29. The quantitative estimate of drug-likeness (QED) is 0.404. The molecule has 7 nitrogen and oxygen atoms in total. The van der Waals surface area contributed by atoms with Crippen LogP contribution in [0.5, 0.6) is 5.75 Å². The van der Waals surface area contributed by atoms with Crippen LogP contribution < -0.4 is 4.74 Å². The molecule has 1 rings (SSSR count). The van der Waals surface area contributed by atoms with Gasteiger partial charge in [-0.25, -0.2) is 9.59 Å². The average Bonchev–Trinajstić information content (AvgIpc) is 2.63. The Bertz CT molecular complexity index is 634. The fraction of sp³-hybridized carbons (Fsp3) is 0.500. The Morgan fingerprint density at radius 3 is 2.20 bits per heavy atom. The smallest absolute Gasteiger partial charge is 0.342 e. The Hall–Kier alpha value is -2.57. The largest absolute Gasteiger partial charge is 0.496 e. The van der Waals surface area contributed by atoms with Crippen molar-refractivity contribution in [2.75, 3.05) is 27.4 Å². The van der Waals surface area contributed by atoms with Gasteiger partial charge in [0.05, 0.1) is 25.2 Å². The summed E-state index contributed by atoms with van der Waals surface area (Å²) in [4.78, 5) is 35.6. The van der Waals surface area contributed by atoms with Crippen molar-refractivity contribution in [3.8, 4) is 5.75 Å². The Kier molecular flexibility index (Phi) is 7.42. The fourth-order valence-electron chi connectivity index (χ4n) is 1.80. The predicted octanol–water partition coefficient (Wildman–Crippen LogP) is 2.62. The first-order valence-corrected chi connectivity index (χ1v) is 7.87. The van der Waals surface area contributed by atoms with Gasteiger partial charge in [-0.05, 0) is 38.5 Å². The van der Waals surface area contributed by atoms with Gasteiger partial charge in [0.2, 0.25) is 0 Å². The third kappa shape index (κ3) is 5.48. The molecule has 1 aromatic carbocycles. The van der Waals surface area contributed by atoms with Gasteiger partial charge in [-0.1, -0.05) is 6.92 Å². The van der Waals surface area contributed by atoms with E-state index in [-0.39, 0.29) is 36.1 Å². The summed E-state index contributed by atoms with van der Waals surface area (Å²) in [5.41, 5.74) is -0.292. The summed E-state index contributed by atoms with van der Waals surface area (Å²) < 4.78 is 19.9. The van der Waals surface area contributed by atoms with Crippen LogP contribution in [-0.2, 0) is 19.0 Å². The summed E-state index contributed by atoms with van der Waals surface area (Å²) in [5, 5.41) is 0. The van der Waals surface area contributed by atoms with Crippen LogP contribution in [0.2, 0.25) is 0 Å². The third-order valence-corrected chi connectivity index (χ3v) is 3.83. The molecular formula is C18H24O7. The van der Waals surface area contributed by atoms with E-state index in [0.717, 1.165) is 0 Å². The first-order valence-electron chi connectivity index (χ1n) is 7.87. The lowest BCUT2D eigenvalue weighted by Gasteiger charge is -2.20. The zero-order chi connectivity index (χ0) is 19.0. The zero-order valence-corrected chi connectivity index (χ0v) is 15.2. The highest BCUT2D eigenvalue weighted by Crippen LogP contribution is 2.22. The van der Waals surface area contributed by atoms with Gasteiger partial charge in [0.25, 0.3) is 0 Å². The Balaban J connectivity index is 2.68. The molecule has 0 N–H and O–H groups in total. The maximum Gasteiger partial charge on any atom is 0.342 e. The van der Waals surface area contributed by atoms with Crippen molar-refractivity contribution >= 4 is 17.9 Å². The van der Waals surface area contributed by atoms with E-state index in [0.29, 0.717) is 6.42 Å². The van der Waals surface area contributed by atoms with Gasteiger partial charge >= 0.3 is 17.9 Å². The molecule has 7 heteroatoms. The summed E-state index contributed by atoms with van der Waals surface area (Å²) in [7, 11) is 2.65. The number of esters is 3. The molecule has 0 saturated heterocycles. The second-order valence-electron chi connectivity index (χ2n) is 5.92. The van der Waals surface area contributed by atoms with Crippen molar-refractivity contribution in [3.05, 3.63) is 29.3 Å². The molecule has 0 bridgehead atoms. The second-order valence-corrected chi connectivity index (χ2v) is 5.92. The molecule has 0 aliphatic heterocycles. The van der Waals surface area contributed by atoms with Gasteiger partial charge in [0.1, 0.15) is 24.5 Å². The number of methoxy groups -OCH3 is 2. The lowest BCUT2D eigenvalue weighted by atomic mass is 9.91. The van der Waals surface area contributed by atoms with Gasteiger partial charge in [-0.3, -0.25) is 4.79 Å². The standard InChI is InChI=1S/C18H24O7/c1-6-18(2,3)17(21)25-10-9-24-16(20)13-11-12(15(19)23-5)7-8-14(13)22-4/h7-8,11H,6,9-10H2,1-5H3. The number of benzene rings is 1. The maximum atomic E-state index is 12.2. The van der Waals surface area contributed by atoms with Crippen LogP contribution in [-0.4, -0.2) is 45.3 Å². The molecular weight excluding hydrogens is 328 g/mol. The molecule has 0 aliphatic rings. The lowest BCUT2D eigenvalue weighted by molar-refractivity contribution is -0.155. The molecule has 0 saturated carbocycles. The van der Waals surface area contributed by atoms with E-state index in [4.69, 9.17) is 14.2 Å². The summed E-state index contributed by atoms with van der Waals surface area (Å²) in [5.74, 6) is -1.35. The van der Waals surface area contributed by atoms with Crippen molar-refractivity contribution in [2.24, 2.45) is 5.41 Å². The number of carbonyl (C=O) groups is 3. The fourth-order valence-corrected chi connectivity index (χ4v) is 1.80. The van der Waals surface area contributed by atoms with Gasteiger partial charge < -0.3 is 18.9 Å². The minimum atomic E-state index is -0.687. The molecule has 0 aliphatic carbocycles. The van der Waals surface area contributed by atoms with Crippen molar-refractivity contribution < 1.29 is 33.3 Å². The van der Waals surface area contributed by atoms with Crippen LogP contribution in [0.1, 0.15) is 47.9 Å². The van der Waals surface area contributed by atoms with Crippen molar-refractivity contribution in [1.82, 2.24) is 0 Å². The average molecular weight is 352 g/mol. The van der Waals surface area contributed by atoms with Crippen molar-refractivity contribution in [1.29, 1.82) is 0 Å². The molecule has 25 heavy (non-hydrogen) atoms. The molecule has 1 aromatic rings. The number of hydrogen-bond donors (Lipinski definition) is 0. The summed E-state index contributed by atoms with van der Waals surface area (Å²) >= 11 is 0. The molecule has 138 valence electrons. The van der Waals surface area contributed by atoms with Gasteiger partial charge in [0, 0.05) is 0 Å². The highest BCUT2D eigenvalue weighted by atomic mass is 16.6. The van der Waals surface area contributed by atoms with Crippen LogP contribution in [0.3, 0.4) is 0 Å². The molecule has 0 heterocycles.